The number of amides is 1. The molecule has 0 radical (unpaired) electrons. The highest BCUT2D eigenvalue weighted by Gasteiger charge is 2.15. The van der Waals surface area contributed by atoms with Crippen molar-refractivity contribution in [2.75, 3.05) is 39.5 Å². The molecule has 0 saturated heterocycles. The summed E-state index contributed by atoms with van der Waals surface area (Å²) >= 11 is 0. The van der Waals surface area contributed by atoms with E-state index in [0.29, 0.717) is 32.7 Å². The number of rotatable bonds is 35. The van der Waals surface area contributed by atoms with Crippen molar-refractivity contribution in [3.8, 4) is 0 Å². The first kappa shape index (κ1) is 43.9. The van der Waals surface area contributed by atoms with E-state index in [1.54, 1.807) is 4.90 Å². The molecule has 6 heteroatoms. The summed E-state index contributed by atoms with van der Waals surface area (Å²) < 4.78 is 17.2. The van der Waals surface area contributed by atoms with E-state index in [0.717, 1.165) is 49.9 Å². The first-order chi connectivity index (χ1) is 23.6. The van der Waals surface area contributed by atoms with E-state index < -0.39 is 0 Å². The SMILES string of the molecule is C=C(CCCCCCCCCCCCC)OCCN(CCOC(=O)CCCCCCCCCCCCC)C(=O)COCC1=CCCC=C1. The zero-order valence-corrected chi connectivity index (χ0v) is 31.6. The van der Waals surface area contributed by atoms with Gasteiger partial charge in [-0.2, -0.15) is 0 Å². The summed E-state index contributed by atoms with van der Waals surface area (Å²) in [5.74, 6) is 0.488. The molecule has 0 unspecified atom stereocenters. The molecular weight excluding hydrogens is 598 g/mol. The van der Waals surface area contributed by atoms with Gasteiger partial charge in [0, 0.05) is 12.8 Å². The van der Waals surface area contributed by atoms with Crippen molar-refractivity contribution in [3.63, 3.8) is 0 Å². The number of unbranched alkanes of at least 4 members (excludes halogenated alkanes) is 20. The Labute approximate surface area is 296 Å². The van der Waals surface area contributed by atoms with Crippen LogP contribution in [0.3, 0.4) is 0 Å². The summed E-state index contributed by atoms with van der Waals surface area (Å²) in [5, 5.41) is 0. The predicted molar refractivity (Wildman–Crippen MR) is 202 cm³/mol. The molecule has 6 nitrogen and oxygen atoms in total. The van der Waals surface area contributed by atoms with Gasteiger partial charge in [-0.15, -0.1) is 0 Å². The Morgan fingerprint density at radius 3 is 1.62 bits per heavy atom. The third-order valence-electron chi connectivity index (χ3n) is 9.25. The minimum atomic E-state index is -0.179. The van der Waals surface area contributed by atoms with Crippen molar-refractivity contribution < 1.29 is 23.8 Å². The number of hydrogen-bond donors (Lipinski definition) is 0. The van der Waals surface area contributed by atoms with Crippen molar-refractivity contribution in [1.29, 1.82) is 0 Å². The number of nitrogens with zero attached hydrogens (tertiary/aromatic N) is 1. The Morgan fingerprint density at radius 1 is 0.646 bits per heavy atom. The maximum Gasteiger partial charge on any atom is 0.305 e. The summed E-state index contributed by atoms with van der Waals surface area (Å²) in [6.45, 7) is 10.4. The second kappa shape index (κ2) is 33.4. The average molecular weight is 674 g/mol. The van der Waals surface area contributed by atoms with Gasteiger partial charge in [0.05, 0.1) is 25.5 Å². The number of hydrogen-bond acceptors (Lipinski definition) is 5. The molecule has 0 heterocycles. The minimum Gasteiger partial charge on any atom is -0.497 e. The highest BCUT2D eigenvalue weighted by atomic mass is 16.5. The largest absolute Gasteiger partial charge is 0.497 e. The van der Waals surface area contributed by atoms with Gasteiger partial charge in [-0.3, -0.25) is 9.59 Å². The third kappa shape index (κ3) is 27.8. The highest BCUT2D eigenvalue weighted by Crippen LogP contribution is 2.15. The Kier molecular flexibility index (Phi) is 30.6. The van der Waals surface area contributed by atoms with Gasteiger partial charge in [-0.1, -0.05) is 167 Å². The Morgan fingerprint density at radius 2 is 1.12 bits per heavy atom. The smallest absolute Gasteiger partial charge is 0.305 e. The van der Waals surface area contributed by atoms with E-state index in [9.17, 15) is 9.59 Å². The molecule has 1 aliphatic carbocycles. The van der Waals surface area contributed by atoms with Gasteiger partial charge in [0.25, 0.3) is 0 Å². The minimum absolute atomic E-state index is 0.00243. The van der Waals surface area contributed by atoms with Crippen LogP contribution in [0.15, 0.2) is 36.1 Å². The van der Waals surface area contributed by atoms with Crippen molar-refractivity contribution >= 4 is 11.9 Å². The van der Waals surface area contributed by atoms with E-state index >= 15 is 0 Å². The Balaban J connectivity index is 2.25. The lowest BCUT2D eigenvalue weighted by molar-refractivity contribution is -0.147. The normalized spacial score (nSPS) is 12.6. The highest BCUT2D eigenvalue weighted by molar-refractivity contribution is 5.77. The van der Waals surface area contributed by atoms with Crippen LogP contribution in [0, 0.1) is 0 Å². The molecule has 0 N–H and O–H groups in total. The molecule has 278 valence electrons. The standard InChI is InChI=1S/C42H75NO5/c1-4-6-8-10-12-14-16-18-20-22-25-29-39(3)47-35-33-43(41(44)38-46-37-40-30-26-24-27-31-40)34-36-48-42(45)32-28-23-21-19-17-15-13-11-9-7-5-2/h26,30-31H,3-25,27-29,32-38H2,1-2H3. The fraction of sp³-hybridized carbons (Fsp3) is 0.810. The molecule has 0 aromatic heterocycles. The molecule has 0 saturated carbocycles. The van der Waals surface area contributed by atoms with Gasteiger partial charge >= 0.3 is 5.97 Å². The lowest BCUT2D eigenvalue weighted by atomic mass is 10.1. The van der Waals surface area contributed by atoms with Gasteiger partial charge in [-0.05, 0) is 31.3 Å². The second-order valence-electron chi connectivity index (χ2n) is 13.8. The molecule has 0 fully saturated rings. The van der Waals surface area contributed by atoms with Gasteiger partial charge in [0.2, 0.25) is 5.91 Å². The number of ether oxygens (including phenoxy) is 3. The summed E-state index contributed by atoms with van der Waals surface area (Å²) in [4.78, 5) is 27.1. The molecule has 1 aliphatic rings. The summed E-state index contributed by atoms with van der Waals surface area (Å²) in [7, 11) is 0. The number of carbonyl (C=O) groups is 2. The molecule has 1 amide bonds. The van der Waals surface area contributed by atoms with Crippen molar-refractivity contribution in [1.82, 2.24) is 4.90 Å². The number of carbonyl (C=O) groups excluding carboxylic acids is 2. The van der Waals surface area contributed by atoms with Crippen LogP contribution in [0.1, 0.15) is 181 Å². The van der Waals surface area contributed by atoms with E-state index in [2.05, 4.69) is 38.7 Å². The summed E-state index contributed by atoms with van der Waals surface area (Å²) in [6, 6.07) is 0. The number of allylic oxidation sites excluding steroid dienone is 3. The monoisotopic (exact) mass is 674 g/mol. The average Bonchev–Trinajstić information content (AvgIpc) is 3.09. The van der Waals surface area contributed by atoms with Gasteiger partial charge in [0.1, 0.15) is 19.8 Å². The molecule has 0 atom stereocenters. The topological polar surface area (TPSA) is 65.1 Å². The van der Waals surface area contributed by atoms with Gasteiger partial charge in [-0.25, -0.2) is 0 Å². The fourth-order valence-electron chi connectivity index (χ4n) is 6.12. The molecule has 48 heavy (non-hydrogen) atoms. The van der Waals surface area contributed by atoms with E-state index in [1.165, 1.54) is 122 Å². The zero-order chi connectivity index (χ0) is 34.8. The van der Waals surface area contributed by atoms with Crippen LogP contribution in [0.5, 0.6) is 0 Å². The van der Waals surface area contributed by atoms with Crippen LogP contribution in [0.25, 0.3) is 0 Å². The first-order valence-corrected chi connectivity index (χ1v) is 20.2. The Bertz CT molecular complexity index is 807. The quantitative estimate of drug-likeness (QED) is 0.0380. The fourth-order valence-corrected chi connectivity index (χ4v) is 6.12. The van der Waals surface area contributed by atoms with Crippen LogP contribution in [-0.2, 0) is 23.8 Å². The molecule has 0 spiro atoms. The van der Waals surface area contributed by atoms with Crippen LogP contribution >= 0.6 is 0 Å². The molecule has 0 aromatic rings. The van der Waals surface area contributed by atoms with E-state index in [1.807, 2.05) is 0 Å². The number of esters is 1. The molecule has 0 aromatic carbocycles. The van der Waals surface area contributed by atoms with Crippen molar-refractivity contribution in [3.05, 3.63) is 36.1 Å². The molecule has 0 aliphatic heterocycles. The summed E-state index contributed by atoms with van der Waals surface area (Å²) in [6.07, 6.45) is 37.9. The van der Waals surface area contributed by atoms with E-state index in [-0.39, 0.29) is 25.1 Å². The van der Waals surface area contributed by atoms with Crippen molar-refractivity contribution in [2.45, 2.75) is 181 Å². The van der Waals surface area contributed by atoms with Gasteiger partial charge < -0.3 is 19.1 Å². The van der Waals surface area contributed by atoms with Crippen LogP contribution < -0.4 is 0 Å². The zero-order valence-electron chi connectivity index (χ0n) is 31.6. The van der Waals surface area contributed by atoms with Crippen LogP contribution in [-0.4, -0.2) is 56.3 Å². The maximum absolute atomic E-state index is 13.1. The lowest BCUT2D eigenvalue weighted by Gasteiger charge is -2.23. The molecule has 0 bridgehead atoms. The molecular formula is C42H75NO5. The van der Waals surface area contributed by atoms with Gasteiger partial charge in [0.15, 0.2) is 0 Å². The third-order valence-corrected chi connectivity index (χ3v) is 9.25. The van der Waals surface area contributed by atoms with E-state index in [4.69, 9.17) is 14.2 Å². The second-order valence-corrected chi connectivity index (χ2v) is 13.8. The lowest BCUT2D eigenvalue weighted by Crippen LogP contribution is -2.39. The predicted octanol–water partition coefficient (Wildman–Crippen LogP) is 11.6. The Hall–Kier alpha value is -2.08. The first-order valence-electron chi connectivity index (χ1n) is 20.2. The van der Waals surface area contributed by atoms with Crippen LogP contribution in [0.4, 0.5) is 0 Å². The van der Waals surface area contributed by atoms with Crippen LogP contribution in [0.2, 0.25) is 0 Å². The van der Waals surface area contributed by atoms with Crippen molar-refractivity contribution in [2.24, 2.45) is 0 Å². The molecule has 1 rings (SSSR count). The summed E-state index contributed by atoms with van der Waals surface area (Å²) in [5.41, 5.74) is 1.11. The maximum atomic E-state index is 13.1.